The van der Waals surface area contributed by atoms with Crippen LogP contribution in [0.5, 0.6) is 0 Å². The van der Waals surface area contributed by atoms with Crippen molar-refractivity contribution >= 4 is 34.3 Å². The number of fused-ring (bicyclic) bond motifs is 4. The second-order valence-corrected chi connectivity index (χ2v) is 7.12. The normalized spacial score (nSPS) is 19.8. The van der Waals surface area contributed by atoms with Crippen LogP contribution in [0.3, 0.4) is 0 Å². The monoisotopic (exact) mass is 403 g/mol. The third kappa shape index (κ3) is 2.81. The number of hydrogen-bond donors (Lipinski definition) is 0. The van der Waals surface area contributed by atoms with Crippen molar-refractivity contribution in [2.45, 2.75) is 12.3 Å². The van der Waals surface area contributed by atoms with Gasteiger partial charge >= 0.3 is 5.97 Å². The molecule has 2 aliphatic heterocycles. The number of hydrogen-bond acceptors (Lipinski definition) is 7. The number of aromatic nitrogens is 1. The molecule has 1 aromatic heterocycles. The van der Waals surface area contributed by atoms with E-state index in [1.807, 2.05) is 41.3 Å². The molecule has 0 unspecified atom stereocenters. The lowest BCUT2D eigenvalue weighted by molar-refractivity contribution is -0.384. The Hall–Kier alpha value is -3.78. The maximum Gasteiger partial charge on any atom is 0.331 e. The maximum absolute atomic E-state index is 12.4. The Morgan fingerprint density at radius 1 is 1.23 bits per heavy atom. The van der Waals surface area contributed by atoms with Crippen molar-refractivity contribution in [1.82, 2.24) is 9.88 Å². The number of nitrogens with zero attached hydrogens (tertiary/aromatic N) is 3. The molecule has 8 nitrogen and oxygen atoms in total. The first kappa shape index (κ1) is 18.3. The molecule has 0 spiro atoms. The van der Waals surface area contributed by atoms with Gasteiger partial charge in [-0.05, 0) is 35.9 Å². The minimum Gasteiger partial charge on any atom is -0.467 e. The second kappa shape index (κ2) is 6.93. The van der Waals surface area contributed by atoms with E-state index in [0.29, 0.717) is 5.70 Å². The smallest absolute Gasteiger partial charge is 0.331 e. The van der Waals surface area contributed by atoms with Gasteiger partial charge in [0.25, 0.3) is 5.69 Å². The molecule has 5 rings (SSSR count). The number of carbonyl (C=O) groups excluding carboxylic acids is 1. The van der Waals surface area contributed by atoms with Gasteiger partial charge in [0.1, 0.15) is 0 Å². The van der Waals surface area contributed by atoms with Crippen molar-refractivity contribution < 1.29 is 19.2 Å². The van der Waals surface area contributed by atoms with Crippen LogP contribution in [0.15, 0.2) is 54.6 Å². The van der Waals surface area contributed by atoms with Crippen LogP contribution in [0.25, 0.3) is 22.7 Å². The number of benzene rings is 2. The van der Waals surface area contributed by atoms with Crippen LogP contribution in [-0.4, -0.2) is 40.5 Å². The van der Waals surface area contributed by atoms with Crippen LogP contribution in [0.1, 0.15) is 23.0 Å². The lowest BCUT2D eigenvalue weighted by atomic mass is 9.98. The number of nitro benzene ring substituents is 1. The first-order valence-corrected chi connectivity index (χ1v) is 9.41. The van der Waals surface area contributed by atoms with Gasteiger partial charge in [-0.15, -0.1) is 0 Å². The summed E-state index contributed by atoms with van der Waals surface area (Å²) in [5.41, 5.74) is 3.90. The number of rotatable bonds is 3. The van der Waals surface area contributed by atoms with Crippen LogP contribution in [0, 0.1) is 10.1 Å². The molecule has 0 saturated carbocycles. The van der Waals surface area contributed by atoms with Gasteiger partial charge < -0.3 is 14.4 Å². The summed E-state index contributed by atoms with van der Waals surface area (Å²) in [5, 5.41) is 12.0. The van der Waals surface area contributed by atoms with Crippen LogP contribution in [0.2, 0.25) is 0 Å². The first-order chi connectivity index (χ1) is 14.6. The van der Waals surface area contributed by atoms with Crippen LogP contribution in [-0.2, 0) is 14.3 Å². The molecular weight excluding hydrogens is 386 g/mol. The molecule has 3 aromatic rings. The molecule has 0 N–H and O–H groups in total. The van der Waals surface area contributed by atoms with Gasteiger partial charge in [-0.1, -0.05) is 18.2 Å². The molecule has 1 saturated heterocycles. The highest BCUT2D eigenvalue weighted by molar-refractivity contribution is 5.90. The minimum atomic E-state index is -0.624. The number of nitro groups is 1. The summed E-state index contributed by atoms with van der Waals surface area (Å²) in [4.78, 5) is 29.7. The van der Waals surface area contributed by atoms with E-state index in [1.165, 1.54) is 19.2 Å². The van der Waals surface area contributed by atoms with E-state index in [-0.39, 0.29) is 12.3 Å². The lowest BCUT2D eigenvalue weighted by Crippen LogP contribution is -2.39. The van der Waals surface area contributed by atoms with Crippen molar-refractivity contribution in [3.05, 3.63) is 81.5 Å². The fourth-order valence-electron chi connectivity index (χ4n) is 4.01. The molecule has 1 fully saturated rings. The Kier molecular flexibility index (Phi) is 4.22. The highest BCUT2D eigenvalue weighted by Crippen LogP contribution is 2.44. The zero-order valence-electron chi connectivity index (χ0n) is 16.0. The Bertz CT molecular complexity index is 1210. The number of ether oxygens (including phenoxy) is 2. The Morgan fingerprint density at radius 3 is 2.73 bits per heavy atom. The van der Waals surface area contributed by atoms with Crippen LogP contribution >= 0.6 is 0 Å². The SMILES string of the molecule is COC(=O)[C@@H]1CO[C@H]2c3cc4ccccc4nc3C=C(c3ccc([N+](=O)[O-])cc3)N12. The van der Waals surface area contributed by atoms with E-state index in [0.717, 1.165) is 27.7 Å². The molecule has 150 valence electrons. The topological polar surface area (TPSA) is 94.8 Å². The van der Waals surface area contributed by atoms with Crippen LogP contribution < -0.4 is 0 Å². The molecule has 30 heavy (non-hydrogen) atoms. The lowest BCUT2D eigenvalue weighted by Gasteiger charge is -2.35. The number of methoxy groups -OCH3 is 1. The van der Waals surface area contributed by atoms with Gasteiger partial charge in [-0.2, -0.15) is 0 Å². The third-order valence-electron chi connectivity index (χ3n) is 5.45. The molecular formula is C22H17N3O5. The van der Waals surface area contributed by atoms with Gasteiger partial charge in [0, 0.05) is 28.8 Å². The summed E-state index contributed by atoms with van der Waals surface area (Å²) >= 11 is 0. The fraction of sp³-hybridized carbons (Fsp3) is 0.182. The van der Waals surface area contributed by atoms with E-state index in [9.17, 15) is 14.9 Å². The summed E-state index contributed by atoms with van der Waals surface area (Å²) in [5.74, 6) is -0.400. The van der Waals surface area contributed by atoms with Crippen molar-refractivity contribution in [3.63, 3.8) is 0 Å². The summed E-state index contributed by atoms with van der Waals surface area (Å²) < 4.78 is 11.0. The van der Waals surface area contributed by atoms with Gasteiger partial charge in [-0.3, -0.25) is 10.1 Å². The average Bonchev–Trinajstić information content (AvgIpc) is 3.22. The van der Waals surface area contributed by atoms with Gasteiger partial charge in [0.2, 0.25) is 0 Å². The summed E-state index contributed by atoms with van der Waals surface area (Å²) in [6.45, 7) is 0.175. The molecule has 8 heteroatoms. The van der Waals surface area contributed by atoms with E-state index in [4.69, 9.17) is 14.5 Å². The van der Waals surface area contributed by atoms with Gasteiger partial charge in [0.05, 0.1) is 29.9 Å². The van der Waals surface area contributed by atoms with Crippen molar-refractivity contribution in [3.8, 4) is 0 Å². The largest absolute Gasteiger partial charge is 0.467 e. The molecule has 0 radical (unpaired) electrons. The van der Waals surface area contributed by atoms with E-state index < -0.39 is 23.2 Å². The predicted octanol–water partition coefficient (Wildman–Crippen LogP) is 3.53. The standard InChI is InChI=1S/C22H17N3O5/c1-29-22(26)20-12-30-21-16-10-14-4-2-3-5-17(14)23-18(16)11-19(24(20)21)13-6-8-15(9-7-13)25(27)28/h2-11,20-21H,12H2,1H3/t20-,21-/m0/s1. The first-order valence-electron chi connectivity index (χ1n) is 9.41. The Balaban J connectivity index is 1.69. The van der Waals surface area contributed by atoms with Gasteiger partial charge in [-0.25, -0.2) is 9.78 Å². The fourth-order valence-corrected chi connectivity index (χ4v) is 4.01. The third-order valence-corrected chi connectivity index (χ3v) is 5.45. The highest BCUT2D eigenvalue weighted by atomic mass is 16.6. The zero-order chi connectivity index (χ0) is 20.8. The van der Waals surface area contributed by atoms with E-state index in [2.05, 4.69) is 0 Å². The highest BCUT2D eigenvalue weighted by Gasteiger charge is 2.45. The second-order valence-electron chi connectivity index (χ2n) is 7.12. The number of esters is 1. The molecule has 2 atom stereocenters. The Labute approximate surface area is 171 Å². The molecule has 2 aromatic carbocycles. The van der Waals surface area contributed by atoms with Crippen molar-refractivity contribution in [2.24, 2.45) is 0 Å². The van der Waals surface area contributed by atoms with E-state index >= 15 is 0 Å². The zero-order valence-corrected chi connectivity index (χ0v) is 16.0. The number of carbonyl (C=O) groups is 1. The number of non-ortho nitro benzene ring substituents is 1. The van der Waals surface area contributed by atoms with Crippen molar-refractivity contribution in [1.29, 1.82) is 0 Å². The van der Waals surface area contributed by atoms with Gasteiger partial charge in [0.15, 0.2) is 12.3 Å². The Morgan fingerprint density at radius 2 is 2.00 bits per heavy atom. The predicted molar refractivity (Wildman–Crippen MR) is 109 cm³/mol. The maximum atomic E-state index is 12.4. The summed E-state index contributed by atoms with van der Waals surface area (Å²) in [7, 11) is 1.35. The summed E-state index contributed by atoms with van der Waals surface area (Å²) in [6, 6.07) is 15.4. The molecule has 2 aliphatic rings. The van der Waals surface area contributed by atoms with Crippen LogP contribution in [0.4, 0.5) is 5.69 Å². The number of pyridine rings is 1. The minimum absolute atomic E-state index is 0.00146. The quantitative estimate of drug-likeness (QED) is 0.375. The average molecular weight is 403 g/mol. The van der Waals surface area contributed by atoms with Crippen molar-refractivity contribution in [2.75, 3.05) is 13.7 Å². The summed E-state index contributed by atoms with van der Waals surface area (Å²) in [6.07, 6.45) is 1.39. The number of para-hydroxylation sites is 1. The molecule has 0 amide bonds. The van der Waals surface area contributed by atoms with E-state index in [1.54, 1.807) is 12.1 Å². The molecule has 0 bridgehead atoms. The molecule has 0 aliphatic carbocycles. The molecule has 3 heterocycles.